The molecule has 0 radical (unpaired) electrons. The van der Waals surface area contributed by atoms with Gasteiger partial charge in [-0.1, -0.05) is 12.1 Å². The van der Waals surface area contributed by atoms with Crippen molar-refractivity contribution in [3.8, 4) is 0 Å². The summed E-state index contributed by atoms with van der Waals surface area (Å²) >= 11 is 3.11. The molecule has 3 nitrogen and oxygen atoms in total. The third kappa shape index (κ3) is 2.36. The standard InChI is InChI=1S/C13H12BrFN2O/c1-13(2,8-3-5-9(15)6-4-8)12-16-7-10(14)11(18)17-12/h3-7H,1-2H3,(H,16,17,18). The smallest absolute Gasteiger partial charge is 0.265 e. The number of nitrogens with one attached hydrogen (secondary N) is 1. The molecule has 0 unspecified atom stereocenters. The normalized spacial score (nSPS) is 11.6. The molecular weight excluding hydrogens is 299 g/mol. The number of benzene rings is 1. The summed E-state index contributed by atoms with van der Waals surface area (Å²) in [6, 6.07) is 6.18. The number of hydrogen-bond acceptors (Lipinski definition) is 2. The summed E-state index contributed by atoms with van der Waals surface area (Å²) in [5.41, 5.74) is 0.164. The Kier molecular flexibility index (Phi) is 3.34. The van der Waals surface area contributed by atoms with E-state index in [4.69, 9.17) is 0 Å². The van der Waals surface area contributed by atoms with E-state index in [0.29, 0.717) is 10.3 Å². The van der Waals surface area contributed by atoms with Crippen LogP contribution >= 0.6 is 15.9 Å². The topological polar surface area (TPSA) is 45.8 Å². The average Bonchev–Trinajstić information content (AvgIpc) is 2.33. The number of halogens is 2. The molecule has 0 aliphatic rings. The molecule has 1 aromatic carbocycles. The Hall–Kier alpha value is -1.49. The maximum atomic E-state index is 12.9. The predicted molar refractivity (Wildman–Crippen MR) is 71.1 cm³/mol. The van der Waals surface area contributed by atoms with Crippen molar-refractivity contribution in [3.63, 3.8) is 0 Å². The lowest BCUT2D eigenvalue weighted by atomic mass is 9.84. The van der Waals surface area contributed by atoms with Gasteiger partial charge in [0.25, 0.3) is 5.56 Å². The SMILES string of the molecule is CC(C)(c1ccc(F)cc1)c1ncc(Br)c(=O)[nH]1. The zero-order chi connectivity index (χ0) is 13.3. The Morgan fingerprint density at radius 1 is 1.28 bits per heavy atom. The summed E-state index contributed by atoms with van der Waals surface area (Å²) < 4.78 is 13.3. The van der Waals surface area contributed by atoms with Crippen LogP contribution in [-0.2, 0) is 5.41 Å². The maximum absolute atomic E-state index is 12.9. The molecule has 2 aromatic rings. The number of nitrogens with zero attached hydrogens (tertiary/aromatic N) is 1. The fraction of sp³-hybridized carbons (Fsp3) is 0.231. The van der Waals surface area contributed by atoms with Crippen LogP contribution in [0.25, 0.3) is 0 Å². The Labute approximate surface area is 112 Å². The average molecular weight is 311 g/mol. The number of aromatic amines is 1. The monoisotopic (exact) mass is 310 g/mol. The molecule has 0 saturated heterocycles. The van der Waals surface area contributed by atoms with Gasteiger partial charge in [0.2, 0.25) is 0 Å². The summed E-state index contributed by atoms with van der Waals surface area (Å²) in [7, 11) is 0. The van der Waals surface area contributed by atoms with E-state index >= 15 is 0 Å². The molecule has 0 atom stereocenters. The first-order valence-electron chi connectivity index (χ1n) is 5.42. The second-order valence-corrected chi connectivity index (χ2v) is 5.40. The molecule has 0 saturated carbocycles. The van der Waals surface area contributed by atoms with Crippen molar-refractivity contribution in [2.75, 3.05) is 0 Å². The van der Waals surface area contributed by atoms with Crippen LogP contribution in [0.4, 0.5) is 4.39 Å². The largest absolute Gasteiger partial charge is 0.309 e. The molecule has 1 aromatic heterocycles. The highest BCUT2D eigenvalue weighted by Crippen LogP contribution is 2.28. The molecule has 18 heavy (non-hydrogen) atoms. The van der Waals surface area contributed by atoms with E-state index in [1.54, 1.807) is 12.1 Å². The number of hydrogen-bond donors (Lipinski definition) is 1. The van der Waals surface area contributed by atoms with Crippen LogP contribution < -0.4 is 5.56 Å². The highest BCUT2D eigenvalue weighted by molar-refractivity contribution is 9.10. The fourth-order valence-electron chi connectivity index (χ4n) is 1.70. The van der Waals surface area contributed by atoms with Crippen molar-refractivity contribution in [2.24, 2.45) is 0 Å². The molecule has 1 heterocycles. The number of H-pyrrole nitrogens is 1. The minimum atomic E-state index is -0.493. The second-order valence-electron chi connectivity index (χ2n) is 4.54. The van der Waals surface area contributed by atoms with Gasteiger partial charge in [0.1, 0.15) is 16.1 Å². The Bertz CT molecular complexity index is 620. The number of aromatic nitrogens is 2. The van der Waals surface area contributed by atoms with Gasteiger partial charge < -0.3 is 4.98 Å². The zero-order valence-corrected chi connectivity index (χ0v) is 11.6. The Morgan fingerprint density at radius 3 is 2.44 bits per heavy atom. The number of rotatable bonds is 2. The van der Waals surface area contributed by atoms with Crippen LogP contribution in [0.2, 0.25) is 0 Å². The van der Waals surface area contributed by atoms with Crippen LogP contribution in [0, 0.1) is 5.82 Å². The Morgan fingerprint density at radius 2 is 1.89 bits per heavy atom. The van der Waals surface area contributed by atoms with Gasteiger partial charge in [-0.2, -0.15) is 0 Å². The third-order valence-corrected chi connectivity index (χ3v) is 3.48. The van der Waals surface area contributed by atoms with Crippen molar-refractivity contribution in [1.29, 1.82) is 0 Å². The van der Waals surface area contributed by atoms with Crippen LogP contribution in [0.3, 0.4) is 0 Å². The zero-order valence-electron chi connectivity index (χ0n) is 10.00. The first kappa shape index (κ1) is 13.0. The Balaban J connectivity index is 2.50. The predicted octanol–water partition coefficient (Wildman–Crippen LogP) is 3.00. The van der Waals surface area contributed by atoms with Crippen molar-refractivity contribution < 1.29 is 4.39 Å². The van der Waals surface area contributed by atoms with E-state index in [9.17, 15) is 9.18 Å². The highest BCUT2D eigenvalue weighted by Gasteiger charge is 2.26. The van der Waals surface area contributed by atoms with Gasteiger partial charge in [0, 0.05) is 11.6 Å². The van der Waals surface area contributed by atoms with Crippen molar-refractivity contribution in [3.05, 3.63) is 62.5 Å². The molecule has 2 rings (SSSR count). The summed E-state index contributed by atoms with van der Waals surface area (Å²) in [4.78, 5) is 18.5. The van der Waals surface area contributed by atoms with Gasteiger partial charge in [0.15, 0.2) is 0 Å². The van der Waals surface area contributed by atoms with Gasteiger partial charge in [-0.3, -0.25) is 4.79 Å². The second kappa shape index (κ2) is 4.65. The lowest BCUT2D eigenvalue weighted by Crippen LogP contribution is -2.26. The van der Waals surface area contributed by atoms with Crippen LogP contribution in [0.5, 0.6) is 0 Å². The van der Waals surface area contributed by atoms with E-state index in [0.717, 1.165) is 5.56 Å². The molecule has 0 fully saturated rings. The molecule has 1 N–H and O–H groups in total. The minimum Gasteiger partial charge on any atom is -0.309 e. The fourth-order valence-corrected chi connectivity index (χ4v) is 1.90. The molecule has 0 aliphatic carbocycles. The van der Waals surface area contributed by atoms with E-state index in [1.807, 2.05) is 13.8 Å². The molecule has 0 spiro atoms. The minimum absolute atomic E-state index is 0.227. The highest BCUT2D eigenvalue weighted by atomic mass is 79.9. The van der Waals surface area contributed by atoms with Crippen molar-refractivity contribution in [1.82, 2.24) is 9.97 Å². The lowest BCUT2D eigenvalue weighted by molar-refractivity contribution is 0.579. The van der Waals surface area contributed by atoms with Crippen molar-refractivity contribution >= 4 is 15.9 Å². The summed E-state index contributed by atoms with van der Waals surface area (Å²) in [5.74, 6) is 0.258. The van der Waals surface area contributed by atoms with Crippen LogP contribution in [0.15, 0.2) is 39.7 Å². The van der Waals surface area contributed by atoms with Gasteiger partial charge in [-0.05, 0) is 47.5 Å². The van der Waals surface area contributed by atoms with Crippen LogP contribution in [0.1, 0.15) is 25.2 Å². The van der Waals surface area contributed by atoms with Gasteiger partial charge in [0.05, 0.1) is 0 Å². The van der Waals surface area contributed by atoms with Gasteiger partial charge in [-0.15, -0.1) is 0 Å². The third-order valence-electron chi connectivity index (χ3n) is 2.91. The van der Waals surface area contributed by atoms with Crippen molar-refractivity contribution in [2.45, 2.75) is 19.3 Å². The molecule has 0 amide bonds. The summed E-state index contributed by atoms with van der Waals surface area (Å²) in [5, 5.41) is 0. The first-order valence-corrected chi connectivity index (χ1v) is 6.22. The van der Waals surface area contributed by atoms with E-state index in [2.05, 4.69) is 25.9 Å². The summed E-state index contributed by atoms with van der Waals surface area (Å²) in [6.07, 6.45) is 1.47. The molecule has 5 heteroatoms. The summed E-state index contributed by atoms with van der Waals surface area (Å²) in [6.45, 7) is 3.85. The van der Waals surface area contributed by atoms with E-state index in [-0.39, 0.29) is 11.4 Å². The first-order chi connectivity index (χ1) is 8.41. The lowest BCUT2D eigenvalue weighted by Gasteiger charge is -2.24. The molecular formula is C13H12BrFN2O. The van der Waals surface area contributed by atoms with E-state index < -0.39 is 5.41 Å². The molecule has 0 bridgehead atoms. The van der Waals surface area contributed by atoms with Gasteiger partial charge in [-0.25, -0.2) is 9.37 Å². The molecule has 0 aliphatic heterocycles. The quantitative estimate of drug-likeness (QED) is 0.927. The maximum Gasteiger partial charge on any atom is 0.265 e. The van der Waals surface area contributed by atoms with Crippen LogP contribution in [-0.4, -0.2) is 9.97 Å². The van der Waals surface area contributed by atoms with E-state index in [1.165, 1.54) is 18.3 Å². The molecule has 94 valence electrons. The van der Waals surface area contributed by atoms with Gasteiger partial charge >= 0.3 is 0 Å².